The molecule has 200 valence electrons. The number of aromatic nitrogens is 3. The molecule has 0 unspecified atom stereocenters. The van der Waals surface area contributed by atoms with Gasteiger partial charge in [-0.25, -0.2) is 9.97 Å². The van der Waals surface area contributed by atoms with E-state index in [4.69, 9.17) is 14.1 Å². The van der Waals surface area contributed by atoms with E-state index in [1.807, 2.05) is 6.92 Å². The van der Waals surface area contributed by atoms with E-state index in [9.17, 15) is 18.3 Å². The molecule has 3 aromatic heterocycles. The predicted octanol–water partition coefficient (Wildman–Crippen LogP) is 5.60. The molecule has 11 heteroatoms. The molecule has 1 fully saturated rings. The van der Waals surface area contributed by atoms with Crippen molar-refractivity contribution in [1.82, 2.24) is 15.0 Å². The molecule has 37 heavy (non-hydrogen) atoms. The topological polar surface area (TPSA) is 105 Å². The molecule has 1 aliphatic rings. The number of aliphatic hydroxyl groups is 1. The minimum atomic E-state index is -4.57. The highest BCUT2D eigenvalue weighted by molar-refractivity contribution is 5.88. The zero-order chi connectivity index (χ0) is 26.8. The Bertz CT molecular complexity index is 1260. The summed E-state index contributed by atoms with van der Waals surface area (Å²) in [5.74, 6) is 1.38. The number of hydrogen-bond donors (Lipinski definition) is 3. The summed E-state index contributed by atoms with van der Waals surface area (Å²) in [6.45, 7) is 11.6. The highest BCUT2D eigenvalue weighted by Gasteiger charge is 2.43. The van der Waals surface area contributed by atoms with Gasteiger partial charge in [-0.05, 0) is 56.7 Å². The molecule has 0 aromatic carbocycles. The van der Waals surface area contributed by atoms with E-state index < -0.39 is 17.4 Å². The van der Waals surface area contributed by atoms with Crippen LogP contribution in [0, 0.1) is 11.8 Å². The third kappa shape index (κ3) is 5.57. The zero-order valence-corrected chi connectivity index (χ0v) is 21.2. The minimum Gasteiger partial charge on any atom is -0.454 e. The smallest absolute Gasteiger partial charge is 0.433 e. The second-order valence-electron chi connectivity index (χ2n) is 9.51. The normalized spacial score (nSPS) is 21.9. The molecular formula is C26H32F3N5O3. The van der Waals surface area contributed by atoms with Gasteiger partial charge >= 0.3 is 6.18 Å². The van der Waals surface area contributed by atoms with Crippen molar-refractivity contribution in [2.24, 2.45) is 11.8 Å². The molecule has 0 amide bonds. The molecule has 0 radical (unpaired) electrons. The van der Waals surface area contributed by atoms with Crippen LogP contribution in [0.15, 0.2) is 29.3 Å². The third-order valence-electron chi connectivity index (χ3n) is 7.19. The van der Waals surface area contributed by atoms with Gasteiger partial charge in [-0.15, -0.1) is 0 Å². The average Bonchev–Trinajstić information content (AvgIpc) is 3.40. The number of alkyl halides is 3. The number of nitrogens with zero attached hydrogens (tertiary/aromatic N) is 3. The lowest BCUT2D eigenvalue weighted by atomic mass is 9.86. The van der Waals surface area contributed by atoms with Gasteiger partial charge in [0.15, 0.2) is 5.58 Å². The summed E-state index contributed by atoms with van der Waals surface area (Å²) in [6.07, 6.45) is -0.290. The van der Waals surface area contributed by atoms with Crippen LogP contribution in [-0.2, 0) is 10.9 Å². The highest BCUT2D eigenvalue weighted by atomic mass is 19.4. The van der Waals surface area contributed by atoms with E-state index in [0.29, 0.717) is 48.5 Å². The number of anilines is 2. The standard InChI is InChI=1S/C26H32F3N5O3/c1-5-18-22(19-11-17-12-21(26(27,28)29)31-13-20(17)37-19)23(33-24(32-18)30-9-10-36-6-2)34-25(4)8-7-16(14-35)15(25)3/h5,11-13,15-16,35H,1,6-10,14H2,2-4H3,(H2,30,32,33,34)/t15-,16-,25+/m1/s1. The summed E-state index contributed by atoms with van der Waals surface area (Å²) in [5, 5.41) is 16.8. The Balaban J connectivity index is 1.80. The van der Waals surface area contributed by atoms with Crippen LogP contribution in [0.5, 0.6) is 0 Å². The molecule has 3 aromatic rings. The molecule has 0 aliphatic heterocycles. The van der Waals surface area contributed by atoms with Crippen LogP contribution in [0.4, 0.5) is 24.9 Å². The fourth-order valence-electron chi connectivity index (χ4n) is 4.82. The fraction of sp³-hybridized carbons (Fsp3) is 0.500. The van der Waals surface area contributed by atoms with Crippen molar-refractivity contribution in [3.05, 3.63) is 36.3 Å². The lowest BCUT2D eigenvalue weighted by Crippen LogP contribution is -2.40. The van der Waals surface area contributed by atoms with E-state index in [1.165, 1.54) is 6.07 Å². The maximum Gasteiger partial charge on any atom is 0.433 e. The molecule has 0 bridgehead atoms. The van der Waals surface area contributed by atoms with E-state index >= 15 is 0 Å². The van der Waals surface area contributed by atoms with Crippen LogP contribution in [0.25, 0.3) is 28.4 Å². The Morgan fingerprint density at radius 1 is 1.32 bits per heavy atom. The third-order valence-corrected chi connectivity index (χ3v) is 7.19. The number of furan rings is 1. The Hall–Kier alpha value is -3.18. The molecule has 3 atom stereocenters. The maximum absolute atomic E-state index is 13.2. The van der Waals surface area contributed by atoms with Crippen molar-refractivity contribution in [3.8, 4) is 11.3 Å². The number of aliphatic hydroxyl groups excluding tert-OH is 1. The molecule has 3 N–H and O–H groups in total. The van der Waals surface area contributed by atoms with Crippen LogP contribution < -0.4 is 10.6 Å². The quantitative estimate of drug-likeness (QED) is 0.297. The summed E-state index contributed by atoms with van der Waals surface area (Å²) in [5.41, 5.74) is -0.247. The Kier molecular flexibility index (Phi) is 7.75. The van der Waals surface area contributed by atoms with Crippen molar-refractivity contribution in [1.29, 1.82) is 0 Å². The summed E-state index contributed by atoms with van der Waals surface area (Å²) < 4.78 is 51.0. The molecular weight excluding hydrogens is 487 g/mol. The van der Waals surface area contributed by atoms with Gasteiger partial charge in [-0.1, -0.05) is 13.5 Å². The fourth-order valence-corrected chi connectivity index (χ4v) is 4.82. The number of halogens is 3. The Morgan fingerprint density at radius 3 is 2.76 bits per heavy atom. The van der Waals surface area contributed by atoms with Crippen molar-refractivity contribution >= 4 is 28.8 Å². The molecule has 0 spiro atoms. The van der Waals surface area contributed by atoms with Gasteiger partial charge in [-0.2, -0.15) is 18.2 Å². The lowest BCUT2D eigenvalue weighted by Gasteiger charge is -2.34. The highest BCUT2D eigenvalue weighted by Crippen LogP contribution is 2.44. The van der Waals surface area contributed by atoms with Gasteiger partial charge in [0.05, 0.1) is 24.1 Å². The number of fused-ring (bicyclic) bond motifs is 1. The van der Waals surface area contributed by atoms with Gasteiger partial charge in [-0.3, -0.25) is 0 Å². The van der Waals surface area contributed by atoms with Crippen LogP contribution in [0.2, 0.25) is 0 Å². The summed E-state index contributed by atoms with van der Waals surface area (Å²) in [6, 6.07) is 2.49. The molecule has 1 saturated carbocycles. The second kappa shape index (κ2) is 10.7. The Labute approximate surface area is 213 Å². The Morgan fingerprint density at radius 2 is 2.11 bits per heavy atom. The number of ether oxygens (including phenoxy) is 1. The SMILES string of the molecule is C=Cc1nc(NCCOCC)nc(N[C@@]2(C)CC[C@H](CO)[C@H]2C)c1-c1cc2cc(C(F)(F)F)ncc2o1. The average molecular weight is 520 g/mol. The predicted molar refractivity (Wildman–Crippen MR) is 136 cm³/mol. The summed E-state index contributed by atoms with van der Waals surface area (Å²) in [4.78, 5) is 12.8. The molecule has 4 rings (SSSR count). The molecule has 3 heterocycles. The first-order valence-electron chi connectivity index (χ1n) is 12.3. The van der Waals surface area contributed by atoms with Crippen LogP contribution in [0.3, 0.4) is 0 Å². The van der Waals surface area contributed by atoms with Crippen molar-refractivity contribution in [3.63, 3.8) is 0 Å². The number of nitrogens with one attached hydrogen (secondary N) is 2. The van der Waals surface area contributed by atoms with Gasteiger partial charge in [0, 0.05) is 30.7 Å². The monoisotopic (exact) mass is 519 g/mol. The first-order valence-corrected chi connectivity index (χ1v) is 12.3. The largest absolute Gasteiger partial charge is 0.454 e. The van der Waals surface area contributed by atoms with Gasteiger partial charge in [0.2, 0.25) is 5.95 Å². The second-order valence-corrected chi connectivity index (χ2v) is 9.51. The summed E-state index contributed by atoms with van der Waals surface area (Å²) >= 11 is 0. The maximum atomic E-state index is 13.2. The first-order chi connectivity index (χ1) is 17.6. The van der Waals surface area contributed by atoms with Crippen LogP contribution >= 0.6 is 0 Å². The van der Waals surface area contributed by atoms with Gasteiger partial charge in [0.1, 0.15) is 17.3 Å². The van der Waals surface area contributed by atoms with Crippen molar-refractivity contribution < 1.29 is 27.4 Å². The number of pyridine rings is 1. The zero-order valence-electron chi connectivity index (χ0n) is 21.2. The first kappa shape index (κ1) is 26.9. The number of hydrogen-bond acceptors (Lipinski definition) is 8. The molecule has 0 saturated heterocycles. The van der Waals surface area contributed by atoms with Gasteiger partial charge < -0.3 is 24.9 Å². The molecule has 8 nitrogen and oxygen atoms in total. The van der Waals surface area contributed by atoms with E-state index in [2.05, 4.69) is 41.0 Å². The van der Waals surface area contributed by atoms with E-state index in [1.54, 1.807) is 6.08 Å². The van der Waals surface area contributed by atoms with Crippen molar-refractivity contribution in [2.45, 2.75) is 45.3 Å². The van der Waals surface area contributed by atoms with Crippen molar-refractivity contribution in [2.75, 3.05) is 37.0 Å². The van der Waals surface area contributed by atoms with E-state index in [-0.39, 0.29) is 29.4 Å². The minimum absolute atomic E-state index is 0.0926. The van der Waals surface area contributed by atoms with Crippen LogP contribution in [0.1, 0.15) is 45.0 Å². The molecule has 1 aliphatic carbocycles. The summed E-state index contributed by atoms with van der Waals surface area (Å²) in [7, 11) is 0. The lowest BCUT2D eigenvalue weighted by molar-refractivity contribution is -0.141. The number of rotatable bonds is 10. The van der Waals surface area contributed by atoms with Crippen LogP contribution in [-0.4, -0.2) is 52.0 Å². The van der Waals surface area contributed by atoms with Gasteiger partial charge in [0.25, 0.3) is 0 Å². The van der Waals surface area contributed by atoms with E-state index in [0.717, 1.165) is 25.1 Å².